The fourth-order valence-corrected chi connectivity index (χ4v) is 11.1. The first-order valence-electron chi connectivity index (χ1n) is 23.2. The summed E-state index contributed by atoms with van der Waals surface area (Å²) in [4.78, 5) is 40.3. The number of aliphatic hydroxyl groups excluding tert-OH is 1. The van der Waals surface area contributed by atoms with Crippen LogP contribution in [0, 0.1) is 12.8 Å². The lowest BCUT2D eigenvalue weighted by molar-refractivity contribution is -0.141. The third-order valence-corrected chi connectivity index (χ3v) is 15.3. The Morgan fingerprint density at radius 1 is 0.870 bits per heavy atom. The number of hydrogen-bond acceptors (Lipinski definition) is 14. The van der Waals surface area contributed by atoms with Gasteiger partial charge in [0.2, 0.25) is 11.8 Å². The summed E-state index contributed by atoms with van der Waals surface area (Å²) in [7, 11) is 0. The van der Waals surface area contributed by atoms with Crippen LogP contribution < -0.4 is 19.5 Å². The van der Waals surface area contributed by atoms with E-state index in [0.717, 1.165) is 90.9 Å². The van der Waals surface area contributed by atoms with Gasteiger partial charge in [-0.3, -0.25) is 19.4 Å². The zero-order valence-corrected chi connectivity index (χ0v) is 41.9. The van der Waals surface area contributed by atoms with E-state index in [4.69, 9.17) is 18.7 Å². The number of aromatic hydroxyl groups is 1. The van der Waals surface area contributed by atoms with Crippen molar-refractivity contribution in [3.63, 3.8) is 0 Å². The number of carbonyl (C=O) groups is 2. The van der Waals surface area contributed by atoms with Crippen LogP contribution in [0.15, 0.2) is 112 Å². The summed E-state index contributed by atoms with van der Waals surface area (Å²) in [6.45, 7) is 12.2. The molecule has 7 aromatic rings. The molecule has 2 aliphatic rings. The van der Waals surface area contributed by atoms with E-state index in [9.17, 15) is 19.8 Å². The smallest absolute Gasteiger partial charge is 0.254 e. The molecule has 0 spiro atoms. The number of halogens is 1. The number of likely N-dealkylation sites (tertiary alicyclic amines) is 1. The summed E-state index contributed by atoms with van der Waals surface area (Å²) in [5.41, 5.74) is 5.84. The SMILES string of the molecule is Cc1ncsc1-c1ccc(CNC(=O)[C@@H]2C[C@@H](O)CN2C(=O)[C@@H](c2cc(OCCN3CCN(CCOc4ccc(Oc5c(-c6ccc(Br)cc6)sc6cc(O)ccc56)cc4)CC3)no2)C(C)C)cc1. The Kier molecular flexibility index (Phi) is 15.3. The van der Waals surface area contributed by atoms with Crippen molar-refractivity contribution in [3.05, 3.63) is 124 Å². The fraction of sp³-hybridized carbons (Fsp3) is 0.346. The molecular formula is C52H55BrN6O8S2. The van der Waals surface area contributed by atoms with E-state index in [1.54, 1.807) is 40.9 Å². The molecule has 14 nitrogen and oxygen atoms in total. The lowest BCUT2D eigenvalue weighted by atomic mass is 9.91. The van der Waals surface area contributed by atoms with Crippen LogP contribution in [0.2, 0.25) is 0 Å². The highest BCUT2D eigenvalue weighted by Gasteiger charge is 2.43. The van der Waals surface area contributed by atoms with E-state index in [-0.39, 0.29) is 36.4 Å². The minimum Gasteiger partial charge on any atom is -0.508 e. The van der Waals surface area contributed by atoms with E-state index >= 15 is 0 Å². The number of benzene rings is 4. The number of fused-ring (bicyclic) bond motifs is 1. The van der Waals surface area contributed by atoms with Gasteiger partial charge in [-0.2, -0.15) is 0 Å². The Bertz CT molecular complexity index is 2840. The number of thiophene rings is 1. The molecule has 2 aliphatic heterocycles. The van der Waals surface area contributed by atoms with Crippen molar-refractivity contribution in [2.24, 2.45) is 5.92 Å². The molecule has 3 aromatic heterocycles. The predicted octanol–water partition coefficient (Wildman–Crippen LogP) is 9.34. The van der Waals surface area contributed by atoms with E-state index in [1.165, 1.54) is 4.90 Å². The number of thiazole rings is 1. The molecule has 0 radical (unpaired) electrons. The Morgan fingerprint density at radius 2 is 1.54 bits per heavy atom. The highest BCUT2D eigenvalue weighted by molar-refractivity contribution is 9.10. The fourth-order valence-electron chi connectivity index (χ4n) is 8.85. The average molecular weight is 1040 g/mol. The molecule has 5 heterocycles. The number of nitrogens with zero attached hydrogens (tertiary/aromatic N) is 5. The van der Waals surface area contributed by atoms with Crippen LogP contribution in [0.25, 0.3) is 31.0 Å². The second-order valence-electron chi connectivity index (χ2n) is 17.8. The molecule has 0 unspecified atom stereocenters. The Morgan fingerprint density at radius 3 is 2.22 bits per heavy atom. The van der Waals surface area contributed by atoms with E-state index in [2.05, 4.69) is 53.3 Å². The van der Waals surface area contributed by atoms with Crippen molar-refractivity contribution in [2.45, 2.75) is 51.8 Å². The van der Waals surface area contributed by atoms with Crippen molar-refractivity contribution in [2.75, 3.05) is 59.0 Å². The summed E-state index contributed by atoms with van der Waals surface area (Å²) < 4.78 is 26.3. The summed E-state index contributed by atoms with van der Waals surface area (Å²) in [5, 5.41) is 28.8. The van der Waals surface area contributed by atoms with E-state index < -0.39 is 18.1 Å². The molecule has 4 aromatic carbocycles. The van der Waals surface area contributed by atoms with Crippen LogP contribution in [0.3, 0.4) is 0 Å². The van der Waals surface area contributed by atoms with Crippen LogP contribution in [0.5, 0.6) is 28.9 Å². The molecule has 0 aliphatic carbocycles. The van der Waals surface area contributed by atoms with Gasteiger partial charge in [0.15, 0.2) is 11.5 Å². The highest BCUT2D eigenvalue weighted by atomic mass is 79.9. The van der Waals surface area contributed by atoms with Gasteiger partial charge in [0, 0.05) is 79.4 Å². The van der Waals surface area contributed by atoms with Gasteiger partial charge in [0.1, 0.15) is 42.4 Å². The molecule has 0 saturated carbocycles. The molecule has 2 amide bonds. The number of phenols is 1. The Hall–Kier alpha value is -5.82. The molecule has 3 atom stereocenters. The maximum absolute atomic E-state index is 14.1. The summed E-state index contributed by atoms with van der Waals surface area (Å²) >= 11 is 6.70. The molecule has 69 heavy (non-hydrogen) atoms. The van der Waals surface area contributed by atoms with Crippen LogP contribution >= 0.6 is 38.6 Å². The maximum atomic E-state index is 14.1. The number of rotatable bonds is 18. The third kappa shape index (κ3) is 11.6. The standard InChI is InChI=1S/C52H55BrN6O8S2/c1-32(2)47(52(63)59-30-39(61)26-43(59)51(62)54-29-34-4-6-35(7-5-34)49-33(3)55-31-68-49)44-28-46(56-67-44)65-25-23-58-20-18-57(19-21-58)22-24-64-40-13-15-41(16-14-40)66-48-42-17-12-38(60)27-45(42)69-50(48)36-8-10-37(53)11-9-36/h4-17,27-28,31-32,39,43,47,60-61H,18-26,29-30H2,1-3H3,(H,54,62)/t39-,43+,47-/m1/s1. The topological polar surface area (TPSA) is 163 Å². The maximum Gasteiger partial charge on any atom is 0.254 e. The molecule has 0 bridgehead atoms. The number of piperazine rings is 1. The van der Waals surface area contributed by atoms with Crippen molar-refractivity contribution >= 4 is 60.5 Å². The third-order valence-electron chi connectivity index (χ3n) is 12.6. The second-order valence-corrected chi connectivity index (χ2v) is 20.6. The minimum absolute atomic E-state index is 0.0591. The van der Waals surface area contributed by atoms with Crippen molar-refractivity contribution in [3.8, 4) is 49.8 Å². The first-order valence-corrected chi connectivity index (χ1v) is 25.7. The number of aromatic nitrogens is 2. The summed E-state index contributed by atoms with van der Waals surface area (Å²) in [6.07, 6.45) is -0.659. The molecule has 9 rings (SSSR count). The quantitative estimate of drug-likeness (QED) is 0.0748. The van der Waals surface area contributed by atoms with E-state index in [1.807, 2.05) is 93.0 Å². The Labute approximate surface area is 417 Å². The average Bonchev–Trinajstić information content (AvgIpc) is 4.16. The lowest BCUT2D eigenvalue weighted by Crippen LogP contribution is -2.48. The summed E-state index contributed by atoms with van der Waals surface area (Å²) in [5.74, 6) is 1.62. The second kappa shape index (κ2) is 21.9. The number of carbonyl (C=O) groups excluding carboxylic acids is 2. The largest absolute Gasteiger partial charge is 0.508 e. The van der Waals surface area contributed by atoms with Gasteiger partial charge in [-0.25, -0.2) is 4.98 Å². The monoisotopic (exact) mass is 1030 g/mol. The van der Waals surface area contributed by atoms with Crippen molar-refractivity contribution in [1.82, 2.24) is 30.2 Å². The van der Waals surface area contributed by atoms with Crippen LogP contribution in [-0.2, 0) is 16.1 Å². The van der Waals surface area contributed by atoms with Gasteiger partial charge in [-0.05, 0) is 89.3 Å². The number of ether oxygens (including phenoxy) is 3. The first-order chi connectivity index (χ1) is 33.4. The highest BCUT2D eigenvalue weighted by Crippen LogP contribution is 2.47. The van der Waals surface area contributed by atoms with Gasteiger partial charge in [-0.15, -0.1) is 22.7 Å². The zero-order valence-electron chi connectivity index (χ0n) is 38.7. The van der Waals surface area contributed by atoms with Crippen LogP contribution in [0.4, 0.5) is 0 Å². The number of aryl methyl sites for hydroxylation is 1. The van der Waals surface area contributed by atoms with E-state index in [0.29, 0.717) is 43.7 Å². The number of β-amino-alcohol motifs (C(OH)–C–C–N with tert-alkyl or cyclic N) is 1. The summed E-state index contributed by atoms with van der Waals surface area (Å²) in [6, 6.07) is 30.0. The Balaban J connectivity index is 0.702. The lowest BCUT2D eigenvalue weighted by Gasteiger charge is -2.34. The molecular weight excluding hydrogens is 981 g/mol. The molecule has 17 heteroatoms. The van der Waals surface area contributed by atoms with Crippen molar-refractivity contribution < 1.29 is 38.5 Å². The van der Waals surface area contributed by atoms with Crippen molar-refractivity contribution in [1.29, 1.82) is 0 Å². The van der Waals surface area contributed by atoms with Gasteiger partial charge in [0.25, 0.3) is 5.88 Å². The number of phenolic OH excluding ortho intramolecular Hbond substituents is 1. The number of aliphatic hydroxyl groups is 1. The van der Waals surface area contributed by atoms with Crippen LogP contribution in [0.1, 0.15) is 43.2 Å². The number of amides is 2. The molecule has 360 valence electrons. The molecule has 2 saturated heterocycles. The number of nitrogens with one attached hydrogen (secondary N) is 1. The van der Waals surface area contributed by atoms with Gasteiger partial charge in [0.05, 0.1) is 27.1 Å². The minimum atomic E-state index is -0.815. The van der Waals surface area contributed by atoms with Gasteiger partial charge in [-0.1, -0.05) is 66.2 Å². The molecule has 3 N–H and O–H groups in total. The van der Waals surface area contributed by atoms with Crippen LogP contribution in [-0.4, -0.2) is 118 Å². The molecule has 2 fully saturated rings. The van der Waals surface area contributed by atoms with Gasteiger partial charge < -0.3 is 39.2 Å². The normalized spacial score (nSPS) is 17.1. The number of hydrogen-bond donors (Lipinski definition) is 3. The first kappa shape index (κ1) is 48.2. The van der Waals surface area contributed by atoms with Gasteiger partial charge >= 0.3 is 0 Å². The predicted molar refractivity (Wildman–Crippen MR) is 271 cm³/mol. The zero-order chi connectivity index (χ0) is 48.0.